The molecule has 2 aliphatic rings. The van der Waals surface area contributed by atoms with Gasteiger partial charge in [0.1, 0.15) is 0 Å². The summed E-state index contributed by atoms with van der Waals surface area (Å²) >= 11 is 0. The van der Waals surface area contributed by atoms with E-state index < -0.39 is 5.97 Å². The Bertz CT molecular complexity index is 544. The van der Waals surface area contributed by atoms with Crippen molar-refractivity contribution < 1.29 is 9.90 Å². The van der Waals surface area contributed by atoms with Gasteiger partial charge in [-0.2, -0.15) is 0 Å². The molecule has 2 N–H and O–H groups in total. The average Bonchev–Trinajstić information content (AvgIpc) is 2.55. The van der Waals surface area contributed by atoms with Crippen molar-refractivity contribution in [3.05, 3.63) is 29.3 Å². The highest BCUT2D eigenvalue weighted by molar-refractivity contribution is 5.70. The first-order chi connectivity index (χ1) is 10.6. The van der Waals surface area contributed by atoms with Crippen LogP contribution in [0.25, 0.3) is 0 Å². The van der Waals surface area contributed by atoms with E-state index in [1.54, 1.807) is 0 Å². The highest BCUT2D eigenvalue weighted by Gasteiger charge is 2.27. The first-order valence-corrected chi connectivity index (χ1v) is 8.46. The van der Waals surface area contributed by atoms with E-state index in [0.29, 0.717) is 12.6 Å². The lowest BCUT2D eigenvalue weighted by Gasteiger charge is -2.35. The molecule has 1 saturated heterocycles. The largest absolute Gasteiger partial charge is 0.481 e. The Balaban J connectivity index is 1.63. The van der Waals surface area contributed by atoms with Crippen LogP contribution in [-0.2, 0) is 17.6 Å². The van der Waals surface area contributed by atoms with E-state index in [-0.39, 0.29) is 5.92 Å². The van der Waals surface area contributed by atoms with Gasteiger partial charge in [0.2, 0.25) is 0 Å². The molecule has 2 atom stereocenters. The predicted octanol–water partition coefficient (Wildman–Crippen LogP) is 2.77. The van der Waals surface area contributed by atoms with E-state index in [9.17, 15) is 9.90 Å². The molecule has 4 heteroatoms. The second-order valence-electron chi connectivity index (χ2n) is 6.75. The molecule has 4 nitrogen and oxygen atoms in total. The van der Waals surface area contributed by atoms with Crippen molar-refractivity contribution >= 4 is 11.7 Å². The number of hydrogen-bond acceptors (Lipinski definition) is 3. The number of carbonyl (C=O) groups is 1. The van der Waals surface area contributed by atoms with Gasteiger partial charge >= 0.3 is 5.97 Å². The summed E-state index contributed by atoms with van der Waals surface area (Å²) in [4.78, 5) is 13.6. The summed E-state index contributed by atoms with van der Waals surface area (Å²) in [5, 5.41) is 12.7. The number of benzene rings is 1. The molecule has 0 aliphatic carbocycles. The lowest BCUT2D eigenvalue weighted by atomic mass is 9.94. The second kappa shape index (κ2) is 6.69. The molecule has 0 radical (unpaired) electrons. The maximum absolute atomic E-state index is 11.2. The lowest BCUT2D eigenvalue weighted by Crippen LogP contribution is -2.44. The Labute approximate surface area is 132 Å². The molecule has 2 aliphatic heterocycles. The predicted molar refractivity (Wildman–Crippen MR) is 88.4 cm³/mol. The number of carboxylic acid groups (broad SMARTS) is 1. The highest BCUT2D eigenvalue weighted by atomic mass is 16.4. The monoisotopic (exact) mass is 302 g/mol. The smallest absolute Gasteiger partial charge is 0.307 e. The molecule has 1 aromatic carbocycles. The van der Waals surface area contributed by atoms with Crippen molar-refractivity contribution in [3.8, 4) is 0 Å². The molecule has 0 bridgehead atoms. The third kappa shape index (κ3) is 3.43. The first-order valence-electron chi connectivity index (χ1n) is 8.46. The van der Waals surface area contributed by atoms with Crippen LogP contribution in [0, 0.1) is 5.92 Å². The Morgan fingerprint density at radius 2 is 2.32 bits per heavy atom. The van der Waals surface area contributed by atoms with Crippen LogP contribution in [0.1, 0.15) is 37.3 Å². The van der Waals surface area contributed by atoms with Gasteiger partial charge in [-0.3, -0.25) is 9.69 Å². The Kier molecular flexibility index (Phi) is 4.67. The van der Waals surface area contributed by atoms with Crippen LogP contribution in [0.5, 0.6) is 0 Å². The standard InChI is InChI=1S/C18H26N2O2/c1-13(20-9-3-5-16(12-20)18(21)22)10-14-6-7-17-15(11-14)4-2-8-19-17/h6-7,11,13,16,19H,2-5,8-10,12H2,1H3,(H,21,22). The number of carboxylic acids is 1. The topological polar surface area (TPSA) is 52.6 Å². The summed E-state index contributed by atoms with van der Waals surface area (Å²) in [6, 6.07) is 7.15. The fourth-order valence-electron chi connectivity index (χ4n) is 3.73. The molecular formula is C18H26N2O2. The number of nitrogens with one attached hydrogen (secondary N) is 1. The van der Waals surface area contributed by atoms with Crippen LogP contribution in [0.4, 0.5) is 5.69 Å². The summed E-state index contributed by atoms with van der Waals surface area (Å²) in [6.45, 7) is 5.02. The first kappa shape index (κ1) is 15.3. The molecule has 1 fully saturated rings. The maximum atomic E-state index is 11.2. The van der Waals surface area contributed by atoms with Crippen molar-refractivity contribution in [2.24, 2.45) is 5.92 Å². The van der Waals surface area contributed by atoms with Crippen molar-refractivity contribution in [2.75, 3.05) is 25.0 Å². The second-order valence-corrected chi connectivity index (χ2v) is 6.75. The minimum Gasteiger partial charge on any atom is -0.481 e. The molecule has 0 aromatic heterocycles. The van der Waals surface area contributed by atoms with Gasteiger partial charge in [0.25, 0.3) is 0 Å². The van der Waals surface area contributed by atoms with E-state index in [1.807, 2.05) is 0 Å². The molecule has 2 unspecified atom stereocenters. The van der Waals surface area contributed by atoms with Crippen LogP contribution >= 0.6 is 0 Å². The van der Waals surface area contributed by atoms with Gasteiger partial charge in [0.15, 0.2) is 0 Å². The zero-order valence-electron chi connectivity index (χ0n) is 13.3. The van der Waals surface area contributed by atoms with Crippen LogP contribution in [-0.4, -0.2) is 41.7 Å². The molecule has 1 aromatic rings. The van der Waals surface area contributed by atoms with Crippen LogP contribution < -0.4 is 5.32 Å². The van der Waals surface area contributed by atoms with Gasteiger partial charge < -0.3 is 10.4 Å². The number of anilines is 1. The molecule has 0 saturated carbocycles. The van der Waals surface area contributed by atoms with Gasteiger partial charge in [0.05, 0.1) is 5.92 Å². The molecule has 22 heavy (non-hydrogen) atoms. The van der Waals surface area contributed by atoms with Crippen molar-refractivity contribution in [3.63, 3.8) is 0 Å². The maximum Gasteiger partial charge on any atom is 0.307 e. The van der Waals surface area contributed by atoms with Crippen molar-refractivity contribution in [2.45, 2.75) is 45.1 Å². The molecular weight excluding hydrogens is 276 g/mol. The summed E-state index contributed by atoms with van der Waals surface area (Å²) in [5.74, 6) is -0.833. The molecule has 120 valence electrons. The number of hydrogen-bond donors (Lipinski definition) is 2. The van der Waals surface area contributed by atoms with Gasteiger partial charge in [-0.05, 0) is 62.8 Å². The SMILES string of the molecule is CC(Cc1ccc2c(c1)CCCN2)N1CCCC(C(=O)O)C1. The number of piperidine rings is 1. The number of aliphatic carboxylic acids is 1. The van der Waals surface area contributed by atoms with E-state index in [4.69, 9.17) is 0 Å². The normalized spacial score (nSPS) is 23.4. The summed E-state index contributed by atoms with van der Waals surface area (Å²) in [5.41, 5.74) is 4.08. The number of likely N-dealkylation sites (tertiary alicyclic amines) is 1. The van der Waals surface area contributed by atoms with Gasteiger partial charge in [-0.15, -0.1) is 0 Å². The molecule has 0 amide bonds. The third-order valence-corrected chi connectivity index (χ3v) is 5.06. The van der Waals surface area contributed by atoms with E-state index >= 15 is 0 Å². The van der Waals surface area contributed by atoms with Gasteiger partial charge in [0, 0.05) is 24.8 Å². The van der Waals surface area contributed by atoms with Crippen molar-refractivity contribution in [1.82, 2.24) is 4.90 Å². The van der Waals surface area contributed by atoms with Gasteiger partial charge in [-0.25, -0.2) is 0 Å². The Morgan fingerprint density at radius 1 is 1.45 bits per heavy atom. The van der Waals surface area contributed by atoms with E-state index in [2.05, 4.69) is 35.3 Å². The number of aryl methyl sites for hydroxylation is 1. The Morgan fingerprint density at radius 3 is 3.14 bits per heavy atom. The van der Waals surface area contributed by atoms with Crippen molar-refractivity contribution in [1.29, 1.82) is 0 Å². The van der Waals surface area contributed by atoms with Gasteiger partial charge in [-0.1, -0.05) is 12.1 Å². The minimum absolute atomic E-state index is 0.191. The summed E-state index contributed by atoms with van der Waals surface area (Å²) in [6.07, 6.45) is 5.19. The molecule has 2 heterocycles. The number of fused-ring (bicyclic) bond motifs is 1. The summed E-state index contributed by atoms with van der Waals surface area (Å²) < 4.78 is 0. The fraction of sp³-hybridized carbons (Fsp3) is 0.611. The lowest BCUT2D eigenvalue weighted by molar-refractivity contribution is -0.143. The van der Waals surface area contributed by atoms with Crippen LogP contribution in [0.15, 0.2) is 18.2 Å². The quantitative estimate of drug-likeness (QED) is 0.898. The number of nitrogens with zero attached hydrogens (tertiary/aromatic N) is 1. The third-order valence-electron chi connectivity index (χ3n) is 5.06. The number of rotatable bonds is 4. The highest BCUT2D eigenvalue weighted by Crippen LogP contribution is 2.25. The minimum atomic E-state index is -0.642. The van der Waals surface area contributed by atoms with Crippen LogP contribution in [0.3, 0.4) is 0 Å². The average molecular weight is 302 g/mol. The zero-order valence-corrected chi connectivity index (χ0v) is 13.3. The van der Waals surface area contributed by atoms with E-state index in [1.165, 1.54) is 23.2 Å². The van der Waals surface area contributed by atoms with Crippen LogP contribution in [0.2, 0.25) is 0 Å². The fourth-order valence-corrected chi connectivity index (χ4v) is 3.73. The van der Waals surface area contributed by atoms with E-state index in [0.717, 1.165) is 38.8 Å². The summed E-state index contributed by atoms with van der Waals surface area (Å²) in [7, 11) is 0. The Hall–Kier alpha value is -1.55. The zero-order chi connectivity index (χ0) is 15.5. The molecule has 0 spiro atoms. The molecule has 3 rings (SSSR count).